The summed E-state index contributed by atoms with van der Waals surface area (Å²) in [6.45, 7) is 4.33. The highest BCUT2D eigenvalue weighted by atomic mass is 16.6. The predicted molar refractivity (Wildman–Crippen MR) is 94.7 cm³/mol. The number of rotatable bonds is 6. The quantitative estimate of drug-likeness (QED) is 0.613. The highest BCUT2D eigenvalue weighted by Crippen LogP contribution is 2.29. The van der Waals surface area contributed by atoms with Crippen molar-refractivity contribution < 1.29 is 14.1 Å². The van der Waals surface area contributed by atoms with E-state index in [4.69, 9.17) is 10.2 Å². The summed E-state index contributed by atoms with van der Waals surface area (Å²) in [5.74, 6) is -0.525. The molecule has 9 nitrogen and oxygen atoms in total. The van der Waals surface area contributed by atoms with E-state index in [1.807, 2.05) is 4.90 Å². The first-order valence-electron chi connectivity index (χ1n) is 8.59. The van der Waals surface area contributed by atoms with Crippen molar-refractivity contribution in [1.82, 2.24) is 9.47 Å². The van der Waals surface area contributed by atoms with Gasteiger partial charge in [0, 0.05) is 32.1 Å². The van der Waals surface area contributed by atoms with Crippen molar-refractivity contribution in [3.05, 3.63) is 38.9 Å². The normalized spacial score (nSPS) is 20.0. The van der Waals surface area contributed by atoms with Crippen molar-refractivity contribution in [3.8, 4) is 0 Å². The molecule has 2 heterocycles. The van der Waals surface area contributed by atoms with Crippen molar-refractivity contribution in [2.45, 2.75) is 32.7 Å². The fourth-order valence-electron chi connectivity index (χ4n) is 3.33. The Hall–Kier alpha value is -2.68. The van der Waals surface area contributed by atoms with Gasteiger partial charge in [0.2, 0.25) is 5.91 Å². The Morgan fingerprint density at radius 2 is 2.23 bits per heavy atom. The van der Waals surface area contributed by atoms with Crippen molar-refractivity contribution in [2.24, 2.45) is 11.1 Å². The molecular weight excluding hydrogens is 340 g/mol. The fourth-order valence-corrected chi connectivity index (χ4v) is 3.33. The van der Waals surface area contributed by atoms with E-state index in [-0.39, 0.29) is 22.6 Å². The van der Waals surface area contributed by atoms with Gasteiger partial charge in [0.25, 0.3) is 5.69 Å². The monoisotopic (exact) mass is 362 g/mol. The van der Waals surface area contributed by atoms with E-state index < -0.39 is 10.7 Å². The zero-order chi connectivity index (χ0) is 18.9. The van der Waals surface area contributed by atoms with E-state index in [9.17, 15) is 19.7 Å². The summed E-state index contributed by atoms with van der Waals surface area (Å²) >= 11 is 0. The molecule has 2 aromatic rings. The van der Waals surface area contributed by atoms with Gasteiger partial charge in [-0.1, -0.05) is 6.92 Å². The van der Waals surface area contributed by atoms with Crippen molar-refractivity contribution in [3.63, 3.8) is 0 Å². The number of nitrogens with two attached hydrogens (primary N) is 1. The van der Waals surface area contributed by atoms with Crippen LogP contribution >= 0.6 is 0 Å². The molecule has 2 N–H and O–H groups in total. The second-order valence-electron chi connectivity index (χ2n) is 7.11. The first-order valence-corrected chi connectivity index (χ1v) is 8.59. The average Bonchev–Trinajstić information content (AvgIpc) is 3.15. The number of carbonyl (C=O) groups excluding carboxylic acids is 1. The number of fused-ring (bicyclic) bond motifs is 1. The van der Waals surface area contributed by atoms with Crippen LogP contribution in [0, 0.1) is 15.5 Å². The summed E-state index contributed by atoms with van der Waals surface area (Å²) in [4.78, 5) is 36.4. The molecule has 0 saturated carbocycles. The number of oxazole rings is 1. The molecule has 1 atom stereocenters. The molecule has 1 aliphatic heterocycles. The van der Waals surface area contributed by atoms with Crippen LogP contribution in [0.5, 0.6) is 0 Å². The smallest absolute Gasteiger partial charge is 0.407 e. The minimum Gasteiger partial charge on any atom is -0.407 e. The standard InChI is InChI=1S/C17H22N4O5/c1-17(10-18)6-8-19(11-17)15(22)3-2-7-20-13-5-4-12(21(24)25)9-14(13)26-16(20)23/h4-5,9H,2-3,6-8,10-11,18H2,1H3. The second kappa shape index (κ2) is 6.91. The fraction of sp³-hybridized carbons (Fsp3) is 0.529. The number of carbonyl (C=O) groups is 1. The van der Waals surface area contributed by atoms with Gasteiger partial charge in [-0.2, -0.15) is 0 Å². The minimum absolute atomic E-state index is 0.0118. The molecule has 1 fully saturated rings. The highest BCUT2D eigenvalue weighted by molar-refractivity contribution is 5.77. The zero-order valence-electron chi connectivity index (χ0n) is 14.6. The topological polar surface area (TPSA) is 125 Å². The molecule has 1 saturated heterocycles. The Morgan fingerprint density at radius 1 is 1.46 bits per heavy atom. The number of nitro benzene ring substituents is 1. The van der Waals surface area contributed by atoms with Gasteiger partial charge in [0.15, 0.2) is 5.58 Å². The molecule has 9 heteroatoms. The van der Waals surface area contributed by atoms with Crippen LogP contribution in [-0.2, 0) is 11.3 Å². The predicted octanol–water partition coefficient (Wildman–Crippen LogP) is 1.48. The number of amides is 1. The van der Waals surface area contributed by atoms with Crippen LogP contribution in [0.4, 0.5) is 5.69 Å². The molecule has 1 aliphatic rings. The largest absolute Gasteiger partial charge is 0.419 e. The van der Waals surface area contributed by atoms with Crippen LogP contribution in [0.25, 0.3) is 11.1 Å². The SMILES string of the molecule is CC1(CN)CCN(C(=O)CCCn2c(=O)oc3cc([N+](=O)[O-])ccc32)C1. The molecule has 3 rings (SSSR count). The summed E-state index contributed by atoms with van der Waals surface area (Å²) in [6.07, 6.45) is 1.72. The third kappa shape index (κ3) is 3.48. The number of nitrogens with zero attached hydrogens (tertiary/aromatic N) is 3. The number of aryl methyl sites for hydroxylation is 1. The van der Waals surface area contributed by atoms with Gasteiger partial charge in [-0.05, 0) is 30.9 Å². The molecule has 140 valence electrons. The van der Waals surface area contributed by atoms with Crippen LogP contribution in [0.15, 0.2) is 27.4 Å². The molecule has 1 unspecified atom stereocenters. The number of likely N-dealkylation sites (tertiary alicyclic amines) is 1. The number of hydrogen-bond donors (Lipinski definition) is 1. The third-order valence-electron chi connectivity index (χ3n) is 5.04. The van der Waals surface area contributed by atoms with Gasteiger partial charge < -0.3 is 15.1 Å². The summed E-state index contributed by atoms with van der Waals surface area (Å²) < 4.78 is 6.49. The molecule has 1 amide bonds. The average molecular weight is 362 g/mol. The van der Waals surface area contributed by atoms with E-state index in [0.29, 0.717) is 44.5 Å². The Labute approximate surface area is 149 Å². The van der Waals surface area contributed by atoms with Gasteiger partial charge in [0.05, 0.1) is 16.5 Å². The zero-order valence-corrected chi connectivity index (χ0v) is 14.6. The number of hydrogen-bond acceptors (Lipinski definition) is 6. The molecule has 0 aliphatic carbocycles. The number of nitro groups is 1. The van der Waals surface area contributed by atoms with Crippen LogP contribution in [-0.4, -0.2) is 39.9 Å². The molecule has 0 spiro atoms. The molecule has 1 aromatic heterocycles. The van der Waals surface area contributed by atoms with E-state index in [1.165, 1.54) is 22.8 Å². The maximum absolute atomic E-state index is 12.3. The molecule has 1 aromatic carbocycles. The van der Waals surface area contributed by atoms with Crippen molar-refractivity contribution >= 4 is 22.7 Å². The van der Waals surface area contributed by atoms with Crippen LogP contribution in [0.2, 0.25) is 0 Å². The first kappa shape index (κ1) is 18.1. The maximum Gasteiger partial charge on any atom is 0.419 e. The molecular formula is C17H22N4O5. The van der Waals surface area contributed by atoms with Crippen molar-refractivity contribution in [1.29, 1.82) is 0 Å². The Bertz CT molecular complexity index is 902. The van der Waals surface area contributed by atoms with Crippen LogP contribution in [0.1, 0.15) is 26.2 Å². The summed E-state index contributed by atoms with van der Waals surface area (Å²) in [6, 6.07) is 4.06. The molecule has 26 heavy (non-hydrogen) atoms. The lowest BCUT2D eigenvalue weighted by molar-refractivity contribution is -0.384. The first-order chi connectivity index (χ1) is 12.3. The van der Waals surface area contributed by atoms with Gasteiger partial charge in [0.1, 0.15) is 0 Å². The summed E-state index contributed by atoms with van der Waals surface area (Å²) in [7, 11) is 0. The van der Waals surface area contributed by atoms with Gasteiger partial charge >= 0.3 is 5.76 Å². The van der Waals surface area contributed by atoms with Crippen LogP contribution in [0.3, 0.4) is 0 Å². The minimum atomic E-state index is -0.579. The lowest BCUT2D eigenvalue weighted by Gasteiger charge is -2.22. The highest BCUT2D eigenvalue weighted by Gasteiger charge is 2.34. The van der Waals surface area contributed by atoms with E-state index in [0.717, 1.165) is 6.42 Å². The summed E-state index contributed by atoms with van der Waals surface area (Å²) in [5.41, 5.74) is 6.28. The van der Waals surface area contributed by atoms with Gasteiger partial charge in [-0.25, -0.2) is 4.79 Å². The van der Waals surface area contributed by atoms with E-state index >= 15 is 0 Å². The number of aromatic nitrogens is 1. The Balaban J connectivity index is 1.63. The van der Waals surface area contributed by atoms with Gasteiger partial charge in [-0.15, -0.1) is 0 Å². The lowest BCUT2D eigenvalue weighted by atomic mass is 9.90. The number of non-ortho nitro benzene ring substituents is 1. The van der Waals surface area contributed by atoms with Crippen LogP contribution < -0.4 is 11.5 Å². The van der Waals surface area contributed by atoms with Gasteiger partial charge in [-0.3, -0.25) is 19.5 Å². The Morgan fingerprint density at radius 3 is 2.88 bits per heavy atom. The van der Waals surface area contributed by atoms with E-state index in [2.05, 4.69) is 6.92 Å². The summed E-state index contributed by atoms with van der Waals surface area (Å²) in [5, 5.41) is 10.8. The lowest BCUT2D eigenvalue weighted by Crippen LogP contribution is -2.34. The van der Waals surface area contributed by atoms with Crippen molar-refractivity contribution in [2.75, 3.05) is 19.6 Å². The molecule has 0 radical (unpaired) electrons. The van der Waals surface area contributed by atoms with E-state index in [1.54, 1.807) is 0 Å². The maximum atomic E-state index is 12.3. The molecule has 0 bridgehead atoms. The number of benzene rings is 1. The Kier molecular flexibility index (Phi) is 4.82. The second-order valence-corrected chi connectivity index (χ2v) is 7.11. The third-order valence-corrected chi connectivity index (χ3v) is 5.04.